The molecule has 3 rings (SSSR count). The lowest BCUT2D eigenvalue weighted by atomic mass is 9.97. The summed E-state index contributed by atoms with van der Waals surface area (Å²) < 4.78 is 6.54. The van der Waals surface area contributed by atoms with Gasteiger partial charge in [0.1, 0.15) is 12.1 Å². The average molecular weight is 273 g/mol. The lowest BCUT2D eigenvalue weighted by molar-refractivity contribution is 0.393. The number of aromatic nitrogens is 5. The van der Waals surface area contributed by atoms with Gasteiger partial charge in [0.05, 0.1) is 17.0 Å². The first kappa shape index (κ1) is 12.6. The molecule has 3 aromatic heterocycles. The first-order valence-corrected chi connectivity index (χ1v) is 6.40. The maximum Gasteiger partial charge on any atom is 0.278 e. The average Bonchev–Trinajstić information content (AvgIpc) is 2.96. The highest BCUT2D eigenvalue weighted by Gasteiger charge is 2.23. The molecule has 104 valence electrons. The molecule has 0 radical (unpaired) electrons. The zero-order valence-corrected chi connectivity index (χ0v) is 11.8. The Labute approximate surface area is 114 Å². The van der Waals surface area contributed by atoms with E-state index in [0.29, 0.717) is 22.8 Å². The Morgan fingerprint density at radius 3 is 2.70 bits per heavy atom. The summed E-state index contributed by atoms with van der Waals surface area (Å²) in [6.45, 7) is 7.57. The van der Waals surface area contributed by atoms with Gasteiger partial charge in [-0.15, -0.1) is 0 Å². The summed E-state index contributed by atoms with van der Waals surface area (Å²) in [6.07, 6.45) is 1.45. The Morgan fingerprint density at radius 1 is 1.35 bits per heavy atom. The Balaban J connectivity index is 2.46. The third-order valence-corrected chi connectivity index (χ3v) is 3.31. The van der Waals surface area contributed by atoms with E-state index < -0.39 is 0 Å². The van der Waals surface area contributed by atoms with Crippen LogP contribution >= 0.6 is 0 Å². The highest BCUT2D eigenvalue weighted by molar-refractivity contribution is 5.68. The molecule has 0 aliphatic carbocycles. The minimum atomic E-state index is -0.141. The molecule has 0 bridgehead atoms. The summed E-state index contributed by atoms with van der Waals surface area (Å²) >= 11 is 0. The second-order valence-corrected chi connectivity index (χ2v) is 5.06. The number of fused-ring (bicyclic) bond motifs is 1. The normalized spacial score (nSPS) is 11.7. The van der Waals surface area contributed by atoms with E-state index in [-0.39, 0.29) is 11.5 Å². The van der Waals surface area contributed by atoms with E-state index in [1.807, 2.05) is 27.7 Å². The van der Waals surface area contributed by atoms with Crippen LogP contribution < -0.4 is 5.56 Å². The molecular formula is C13H15N5O2. The lowest BCUT2D eigenvalue weighted by Gasteiger charge is -2.10. The van der Waals surface area contributed by atoms with Crippen molar-refractivity contribution in [3.05, 3.63) is 33.7 Å². The van der Waals surface area contributed by atoms with E-state index in [0.717, 1.165) is 11.3 Å². The highest BCUT2D eigenvalue weighted by Crippen LogP contribution is 2.30. The van der Waals surface area contributed by atoms with Crippen LogP contribution in [0.4, 0.5) is 0 Å². The van der Waals surface area contributed by atoms with Crippen LogP contribution in [0.5, 0.6) is 0 Å². The number of aryl methyl sites for hydroxylation is 2. The lowest BCUT2D eigenvalue weighted by Crippen LogP contribution is -2.22. The van der Waals surface area contributed by atoms with Gasteiger partial charge in [-0.2, -0.15) is 4.52 Å². The van der Waals surface area contributed by atoms with Crippen LogP contribution in [0.2, 0.25) is 0 Å². The molecule has 0 aliphatic rings. The quantitative estimate of drug-likeness (QED) is 0.769. The molecule has 3 aromatic rings. The second-order valence-electron chi connectivity index (χ2n) is 5.06. The maximum atomic E-state index is 12.6. The standard InChI is InChI=1S/C13H15N5O2/c1-6(2)9-11(10-7(3)17-20-8(10)4)16-13-14-5-15-18(13)12(9)19/h5-6H,1-4H3,(H,14,15,16). The van der Waals surface area contributed by atoms with E-state index in [1.165, 1.54) is 10.8 Å². The topological polar surface area (TPSA) is 89.1 Å². The molecule has 0 unspecified atom stereocenters. The Morgan fingerprint density at radius 2 is 2.10 bits per heavy atom. The zero-order chi connectivity index (χ0) is 14.4. The fourth-order valence-corrected chi connectivity index (χ4v) is 2.40. The highest BCUT2D eigenvalue weighted by atomic mass is 16.5. The second kappa shape index (κ2) is 4.29. The molecule has 0 amide bonds. The fourth-order valence-electron chi connectivity index (χ4n) is 2.40. The van der Waals surface area contributed by atoms with Crippen LogP contribution in [0.15, 0.2) is 15.6 Å². The fraction of sp³-hybridized carbons (Fsp3) is 0.385. The maximum absolute atomic E-state index is 12.6. The predicted octanol–water partition coefficient (Wildman–Crippen LogP) is 1.81. The van der Waals surface area contributed by atoms with Gasteiger partial charge in [0.15, 0.2) is 0 Å². The minimum Gasteiger partial charge on any atom is -0.361 e. The first-order chi connectivity index (χ1) is 9.50. The Bertz CT molecular complexity index is 821. The van der Waals surface area contributed by atoms with E-state index >= 15 is 0 Å². The summed E-state index contributed by atoms with van der Waals surface area (Å²) in [4.78, 5) is 21.1. The largest absolute Gasteiger partial charge is 0.361 e. The number of hydrogen-bond acceptors (Lipinski definition) is 5. The van der Waals surface area contributed by atoms with E-state index in [9.17, 15) is 4.79 Å². The van der Waals surface area contributed by atoms with Crippen molar-refractivity contribution in [2.45, 2.75) is 33.6 Å². The van der Waals surface area contributed by atoms with E-state index in [2.05, 4.69) is 20.2 Å². The number of rotatable bonds is 2. The molecule has 3 heterocycles. The molecule has 20 heavy (non-hydrogen) atoms. The molecule has 0 spiro atoms. The number of aromatic amines is 1. The molecule has 0 saturated carbocycles. The molecule has 7 heteroatoms. The van der Waals surface area contributed by atoms with Crippen molar-refractivity contribution in [2.24, 2.45) is 0 Å². The molecule has 0 aliphatic heterocycles. The molecule has 1 N–H and O–H groups in total. The van der Waals surface area contributed by atoms with E-state index in [1.54, 1.807) is 0 Å². The van der Waals surface area contributed by atoms with Crippen LogP contribution in [0.25, 0.3) is 17.0 Å². The van der Waals surface area contributed by atoms with Gasteiger partial charge in [-0.25, -0.2) is 9.97 Å². The van der Waals surface area contributed by atoms with Crippen LogP contribution in [-0.2, 0) is 0 Å². The van der Waals surface area contributed by atoms with Gasteiger partial charge in [0.2, 0.25) is 0 Å². The van der Waals surface area contributed by atoms with Gasteiger partial charge in [-0.1, -0.05) is 19.0 Å². The number of nitrogens with one attached hydrogen (secondary N) is 1. The van der Waals surface area contributed by atoms with Gasteiger partial charge < -0.3 is 4.52 Å². The van der Waals surface area contributed by atoms with E-state index in [4.69, 9.17) is 4.52 Å². The summed E-state index contributed by atoms with van der Waals surface area (Å²) in [5.74, 6) is 1.02. The van der Waals surface area contributed by atoms with Crippen molar-refractivity contribution < 1.29 is 4.52 Å². The van der Waals surface area contributed by atoms with Crippen molar-refractivity contribution in [3.63, 3.8) is 0 Å². The van der Waals surface area contributed by atoms with Crippen LogP contribution in [-0.4, -0.2) is 24.7 Å². The summed E-state index contributed by atoms with van der Waals surface area (Å²) in [6, 6.07) is 0. The summed E-state index contributed by atoms with van der Waals surface area (Å²) in [5.41, 5.74) is 2.58. The Kier molecular flexibility index (Phi) is 2.70. The molecular weight excluding hydrogens is 258 g/mol. The number of hydrogen-bond donors (Lipinski definition) is 1. The van der Waals surface area contributed by atoms with Crippen molar-refractivity contribution in [1.82, 2.24) is 24.7 Å². The number of H-pyrrole nitrogens is 1. The van der Waals surface area contributed by atoms with Crippen LogP contribution in [0, 0.1) is 13.8 Å². The monoisotopic (exact) mass is 273 g/mol. The van der Waals surface area contributed by atoms with Crippen molar-refractivity contribution in [2.75, 3.05) is 0 Å². The smallest absolute Gasteiger partial charge is 0.278 e. The first-order valence-electron chi connectivity index (χ1n) is 6.40. The van der Waals surface area contributed by atoms with Gasteiger partial charge in [0, 0.05) is 5.56 Å². The predicted molar refractivity (Wildman–Crippen MR) is 72.7 cm³/mol. The molecule has 7 nitrogen and oxygen atoms in total. The third-order valence-electron chi connectivity index (χ3n) is 3.31. The molecule has 0 aromatic carbocycles. The third kappa shape index (κ3) is 1.66. The zero-order valence-electron chi connectivity index (χ0n) is 11.8. The summed E-state index contributed by atoms with van der Waals surface area (Å²) in [7, 11) is 0. The van der Waals surface area contributed by atoms with Crippen LogP contribution in [0.3, 0.4) is 0 Å². The molecule has 0 fully saturated rings. The minimum absolute atomic E-state index is 0.0268. The molecule has 0 atom stereocenters. The number of nitrogens with zero attached hydrogens (tertiary/aromatic N) is 4. The van der Waals surface area contributed by atoms with Crippen molar-refractivity contribution in [1.29, 1.82) is 0 Å². The SMILES string of the molecule is Cc1noc(C)c1-c1nc2nc[nH]n2c(=O)c1C(C)C. The van der Waals surface area contributed by atoms with Gasteiger partial charge in [-0.3, -0.25) is 9.89 Å². The van der Waals surface area contributed by atoms with Gasteiger partial charge >= 0.3 is 0 Å². The summed E-state index contributed by atoms with van der Waals surface area (Å²) in [5, 5.41) is 6.71. The van der Waals surface area contributed by atoms with Crippen molar-refractivity contribution in [3.8, 4) is 11.3 Å². The van der Waals surface area contributed by atoms with Gasteiger partial charge in [0.25, 0.3) is 11.3 Å². The van der Waals surface area contributed by atoms with Crippen LogP contribution in [0.1, 0.15) is 36.8 Å². The Hall–Kier alpha value is -2.44. The van der Waals surface area contributed by atoms with Crippen molar-refractivity contribution >= 4 is 5.78 Å². The van der Waals surface area contributed by atoms with Gasteiger partial charge in [-0.05, 0) is 19.8 Å². The molecule has 0 saturated heterocycles.